The number of rotatable bonds is 2. The van der Waals surface area contributed by atoms with Crippen LogP contribution in [0.15, 0.2) is 24.3 Å². The van der Waals surface area contributed by atoms with Gasteiger partial charge in [0.05, 0.1) is 0 Å². The molecule has 0 amide bonds. The second-order valence-electron chi connectivity index (χ2n) is 4.55. The van der Waals surface area contributed by atoms with Crippen LogP contribution in [0.2, 0.25) is 0 Å². The van der Waals surface area contributed by atoms with Crippen molar-refractivity contribution in [2.24, 2.45) is 0 Å². The van der Waals surface area contributed by atoms with Crippen LogP contribution in [-0.4, -0.2) is 0 Å². The van der Waals surface area contributed by atoms with Gasteiger partial charge in [-0.2, -0.15) is 0 Å². The summed E-state index contributed by atoms with van der Waals surface area (Å²) in [7, 11) is 0. The molecule has 0 nitrogen and oxygen atoms in total. The summed E-state index contributed by atoms with van der Waals surface area (Å²) in [6.45, 7) is 2.98. The molecule has 0 unspecified atom stereocenters. The average Bonchev–Trinajstić information content (AvgIpc) is 2.33. The van der Waals surface area contributed by atoms with Crippen LogP contribution in [0.1, 0.15) is 22.3 Å². The fourth-order valence-corrected chi connectivity index (χ4v) is 1.91. The van der Waals surface area contributed by atoms with Gasteiger partial charge < -0.3 is 0 Å². The predicted octanol–water partition coefficient (Wildman–Crippen LogP) is 4.45. The SMILES string of the molecule is Cc1cc(F)c(Cc2ccc(C)c(F)c2F)c(F)c1. The summed E-state index contributed by atoms with van der Waals surface area (Å²) in [5.74, 6) is -3.54. The molecule has 0 aliphatic carbocycles. The number of benzene rings is 2. The minimum Gasteiger partial charge on any atom is -0.207 e. The molecule has 19 heavy (non-hydrogen) atoms. The van der Waals surface area contributed by atoms with Crippen LogP contribution in [0.5, 0.6) is 0 Å². The summed E-state index contributed by atoms with van der Waals surface area (Å²) >= 11 is 0. The van der Waals surface area contributed by atoms with Gasteiger partial charge >= 0.3 is 0 Å². The molecule has 0 saturated carbocycles. The third kappa shape index (κ3) is 2.62. The molecule has 0 aliphatic rings. The number of halogens is 4. The van der Waals surface area contributed by atoms with Gasteiger partial charge in [-0.05, 0) is 42.7 Å². The zero-order valence-electron chi connectivity index (χ0n) is 10.5. The van der Waals surface area contributed by atoms with E-state index in [-0.39, 0.29) is 23.1 Å². The van der Waals surface area contributed by atoms with Crippen LogP contribution in [0.4, 0.5) is 17.6 Å². The third-order valence-electron chi connectivity index (χ3n) is 3.01. The third-order valence-corrected chi connectivity index (χ3v) is 3.01. The minimum absolute atomic E-state index is 0.0650. The topological polar surface area (TPSA) is 0 Å². The molecule has 0 aliphatic heterocycles. The molecule has 0 spiro atoms. The lowest BCUT2D eigenvalue weighted by Crippen LogP contribution is -2.02. The highest BCUT2D eigenvalue weighted by atomic mass is 19.2. The Kier molecular flexibility index (Phi) is 3.60. The van der Waals surface area contributed by atoms with Gasteiger partial charge in [-0.1, -0.05) is 12.1 Å². The molecule has 100 valence electrons. The van der Waals surface area contributed by atoms with Gasteiger partial charge in [-0.3, -0.25) is 0 Å². The van der Waals surface area contributed by atoms with E-state index in [1.807, 2.05) is 0 Å². The summed E-state index contributed by atoms with van der Waals surface area (Å²) in [5, 5.41) is 0. The second-order valence-corrected chi connectivity index (χ2v) is 4.55. The molecular weight excluding hydrogens is 256 g/mol. The Hall–Kier alpha value is -1.84. The lowest BCUT2D eigenvalue weighted by atomic mass is 10.0. The van der Waals surface area contributed by atoms with E-state index in [1.165, 1.54) is 31.2 Å². The van der Waals surface area contributed by atoms with Crippen molar-refractivity contribution in [2.45, 2.75) is 20.3 Å². The van der Waals surface area contributed by atoms with Crippen molar-refractivity contribution in [3.05, 3.63) is 69.8 Å². The molecule has 0 radical (unpaired) electrons. The highest BCUT2D eigenvalue weighted by Crippen LogP contribution is 2.22. The maximum absolute atomic E-state index is 13.7. The zero-order chi connectivity index (χ0) is 14.2. The van der Waals surface area contributed by atoms with Crippen molar-refractivity contribution in [3.8, 4) is 0 Å². The Morgan fingerprint density at radius 2 is 1.42 bits per heavy atom. The highest BCUT2D eigenvalue weighted by molar-refractivity contribution is 5.33. The smallest absolute Gasteiger partial charge is 0.162 e. The fourth-order valence-electron chi connectivity index (χ4n) is 1.91. The van der Waals surface area contributed by atoms with Crippen molar-refractivity contribution in [1.82, 2.24) is 0 Å². The Balaban J connectivity index is 2.45. The van der Waals surface area contributed by atoms with Crippen LogP contribution in [0.3, 0.4) is 0 Å². The van der Waals surface area contributed by atoms with Crippen molar-refractivity contribution in [2.75, 3.05) is 0 Å². The predicted molar refractivity (Wildman–Crippen MR) is 65.0 cm³/mol. The average molecular weight is 268 g/mol. The lowest BCUT2D eigenvalue weighted by Gasteiger charge is -2.09. The van der Waals surface area contributed by atoms with E-state index in [1.54, 1.807) is 6.92 Å². The Morgan fingerprint density at radius 3 is 2.00 bits per heavy atom. The van der Waals surface area contributed by atoms with Crippen molar-refractivity contribution < 1.29 is 17.6 Å². The van der Waals surface area contributed by atoms with Gasteiger partial charge in [-0.15, -0.1) is 0 Å². The second kappa shape index (κ2) is 5.03. The quantitative estimate of drug-likeness (QED) is 0.706. The Morgan fingerprint density at radius 1 is 0.842 bits per heavy atom. The van der Waals surface area contributed by atoms with E-state index >= 15 is 0 Å². The Labute approximate surface area is 108 Å². The minimum atomic E-state index is -1.06. The molecule has 0 saturated heterocycles. The highest BCUT2D eigenvalue weighted by Gasteiger charge is 2.16. The van der Waals surface area contributed by atoms with E-state index in [9.17, 15) is 17.6 Å². The fraction of sp³-hybridized carbons (Fsp3) is 0.200. The molecule has 2 aromatic carbocycles. The molecule has 0 atom stereocenters. The molecule has 0 N–H and O–H groups in total. The first-order valence-electron chi connectivity index (χ1n) is 5.78. The van der Waals surface area contributed by atoms with E-state index < -0.39 is 23.3 Å². The number of hydrogen-bond donors (Lipinski definition) is 0. The van der Waals surface area contributed by atoms with Crippen molar-refractivity contribution in [3.63, 3.8) is 0 Å². The molecule has 4 heteroatoms. The Bertz CT molecular complexity index is 609. The normalized spacial score (nSPS) is 10.8. The summed E-state index contributed by atoms with van der Waals surface area (Å²) < 4.78 is 54.4. The van der Waals surface area contributed by atoms with Gasteiger partial charge in [0.2, 0.25) is 0 Å². The van der Waals surface area contributed by atoms with Gasteiger partial charge in [-0.25, -0.2) is 17.6 Å². The van der Waals surface area contributed by atoms with E-state index in [0.717, 1.165) is 0 Å². The van der Waals surface area contributed by atoms with E-state index in [2.05, 4.69) is 0 Å². The molecular formula is C15H12F4. The first-order chi connectivity index (χ1) is 8.90. The number of aryl methyl sites for hydroxylation is 2. The maximum atomic E-state index is 13.7. The summed E-state index contributed by atoms with van der Waals surface area (Å²) in [4.78, 5) is 0. The summed E-state index contributed by atoms with van der Waals surface area (Å²) in [6.07, 6.45) is -0.318. The van der Waals surface area contributed by atoms with Crippen LogP contribution in [-0.2, 0) is 6.42 Å². The summed E-state index contributed by atoms with van der Waals surface area (Å²) in [6, 6.07) is 5.06. The van der Waals surface area contributed by atoms with Gasteiger partial charge in [0, 0.05) is 12.0 Å². The van der Waals surface area contributed by atoms with Crippen LogP contribution >= 0.6 is 0 Å². The molecule has 0 bridgehead atoms. The van der Waals surface area contributed by atoms with Gasteiger partial charge in [0.25, 0.3) is 0 Å². The zero-order valence-corrected chi connectivity index (χ0v) is 10.5. The van der Waals surface area contributed by atoms with E-state index in [4.69, 9.17) is 0 Å². The largest absolute Gasteiger partial charge is 0.207 e. The molecule has 0 heterocycles. The van der Waals surface area contributed by atoms with Gasteiger partial charge in [0.1, 0.15) is 11.6 Å². The van der Waals surface area contributed by atoms with Crippen LogP contribution < -0.4 is 0 Å². The standard InChI is InChI=1S/C15H12F4/c1-8-5-12(16)11(13(17)6-8)7-10-4-3-9(2)14(18)15(10)19/h3-6H,7H2,1-2H3. The lowest BCUT2D eigenvalue weighted by molar-refractivity contribution is 0.492. The van der Waals surface area contributed by atoms with E-state index in [0.29, 0.717) is 5.56 Å². The molecule has 2 aromatic rings. The van der Waals surface area contributed by atoms with Crippen LogP contribution in [0.25, 0.3) is 0 Å². The first-order valence-corrected chi connectivity index (χ1v) is 5.78. The van der Waals surface area contributed by atoms with Crippen LogP contribution in [0, 0.1) is 37.1 Å². The maximum Gasteiger partial charge on any atom is 0.162 e. The monoisotopic (exact) mass is 268 g/mol. The van der Waals surface area contributed by atoms with Gasteiger partial charge in [0.15, 0.2) is 11.6 Å². The molecule has 2 rings (SSSR count). The van der Waals surface area contributed by atoms with Crippen molar-refractivity contribution in [1.29, 1.82) is 0 Å². The summed E-state index contributed by atoms with van der Waals surface area (Å²) in [5.41, 5.74) is 0.276. The molecule has 0 aromatic heterocycles. The molecule has 0 fully saturated rings. The number of hydrogen-bond acceptors (Lipinski definition) is 0. The first kappa shape index (κ1) is 13.6. The van der Waals surface area contributed by atoms with Crippen molar-refractivity contribution >= 4 is 0 Å².